The largest absolute Gasteiger partial charge is 0.493 e. The van der Waals surface area contributed by atoms with Crippen molar-refractivity contribution in [2.24, 2.45) is 0 Å². The molecule has 1 unspecified atom stereocenters. The molecule has 0 fully saturated rings. The highest BCUT2D eigenvalue weighted by atomic mass is 32.1. The summed E-state index contributed by atoms with van der Waals surface area (Å²) in [5.74, 6) is 0.750. The molecule has 0 bridgehead atoms. The highest BCUT2D eigenvalue weighted by Gasteiger charge is 2.20. The number of benzene rings is 1. The second-order valence-corrected chi connectivity index (χ2v) is 7.01. The van der Waals surface area contributed by atoms with Crippen molar-refractivity contribution in [3.63, 3.8) is 0 Å². The average Bonchev–Trinajstić information content (AvgIpc) is 2.88. The Hall–Kier alpha value is -1.39. The smallest absolute Gasteiger partial charge is 0.125 e. The van der Waals surface area contributed by atoms with Crippen LogP contribution in [0.3, 0.4) is 0 Å². The number of thiazole rings is 1. The molecule has 0 spiro atoms. The minimum absolute atomic E-state index is 0.0446. The van der Waals surface area contributed by atoms with Crippen molar-refractivity contribution in [2.45, 2.75) is 45.6 Å². The van der Waals surface area contributed by atoms with Crippen LogP contribution in [0.25, 0.3) is 0 Å². The van der Waals surface area contributed by atoms with Crippen molar-refractivity contribution in [3.05, 3.63) is 45.9 Å². The molecule has 0 saturated carbocycles. The summed E-state index contributed by atoms with van der Waals surface area (Å²) < 4.78 is 5.58. The van der Waals surface area contributed by atoms with E-state index in [9.17, 15) is 5.11 Å². The normalized spacial score (nSPS) is 13.2. The number of aliphatic hydroxyl groups excluding tert-OH is 1. The van der Waals surface area contributed by atoms with E-state index in [1.54, 1.807) is 11.3 Å². The summed E-state index contributed by atoms with van der Waals surface area (Å²) in [4.78, 5) is 4.64. The van der Waals surface area contributed by atoms with Gasteiger partial charge in [0.2, 0.25) is 0 Å². The monoisotopic (exact) mass is 305 g/mol. The van der Waals surface area contributed by atoms with Crippen LogP contribution in [0.2, 0.25) is 0 Å². The SMILES string of the molecule is CCOc1ccccc1C(O)Cc1nc(C(C)(C)C)cs1. The maximum Gasteiger partial charge on any atom is 0.125 e. The quantitative estimate of drug-likeness (QED) is 0.903. The summed E-state index contributed by atoms with van der Waals surface area (Å²) in [6, 6.07) is 7.64. The van der Waals surface area contributed by atoms with Crippen LogP contribution < -0.4 is 4.74 Å². The van der Waals surface area contributed by atoms with Crippen LogP contribution in [-0.2, 0) is 11.8 Å². The highest BCUT2D eigenvalue weighted by molar-refractivity contribution is 7.09. The van der Waals surface area contributed by atoms with Gasteiger partial charge in [-0.2, -0.15) is 0 Å². The fraction of sp³-hybridized carbons (Fsp3) is 0.471. The van der Waals surface area contributed by atoms with Gasteiger partial charge in [0.1, 0.15) is 5.75 Å². The van der Waals surface area contributed by atoms with Gasteiger partial charge in [-0.1, -0.05) is 39.0 Å². The summed E-state index contributed by atoms with van der Waals surface area (Å²) in [7, 11) is 0. The van der Waals surface area contributed by atoms with Gasteiger partial charge in [-0.15, -0.1) is 11.3 Å². The second-order valence-electron chi connectivity index (χ2n) is 6.07. The van der Waals surface area contributed by atoms with Crippen LogP contribution in [0, 0.1) is 0 Å². The number of aromatic nitrogens is 1. The number of ether oxygens (including phenoxy) is 1. The predicted octanol–water partition coefficient (Wildman–Crippen LogP) is 4.12. The number of hydrogen-bond acceptors (Lipinski definition) is 4. The van der Waals surface area contributed by atoms with Crippen LogP contribution in [0.5, 0.6) is 5.75 Å². The third kappa shape index (κ3) is 4.05. The maximum absolute atomic E-state index is 10.5. The molecule has 2 rings (SSSR count). The zero-order chi connectivity index (χ0) is 15.5. The number of hydrogen-bond donors (Lipinski definition) is 1. The molecular weight excluding hydrogens is 282 g/mol. The number of nitrogens with zero attached hydrogens (tertiary/aromatic N) is 1. The van der Waals surface area contributed by atoms with Gasteiger partial charge in [0.05, 0.1) is 23.4 Å². The first-order valence-electron chi connectivity index (χ1n) is 7.26. The summed E-state index contributed by atoms with van der Waals surface area (Å²) in [5, 5.41) is 13.5. The van der Waals surface area contributed by atoms with E-state index in [1.165, 1.54) is 0 Å². The fourth-order valence-corrected chi connectivity index (χ4v) is 3.13. The summed E-state index contributed by atoms with van der Waals surface area (Å²) in [6.07, 6.45) is -0.0723. The first-order chi connectivity index (χ1) is 9.91. The van der Waals surface area contributed by atoms with Crippen molar-refractivity contribution in [2.75, 3.05) is 6.61 Å². The maximum atomic E-state index is 10.5. The fourth-order valence-electron chi connectivity index (χ4n) is 2.07. The molecule has 4 heteroatoms. The Kier molecular flexibility index (Phi) is 5.01. The molecule has 0 aliphatic heterocycles. The number of aliphatic hydroxyl groups is 1. The second kappa shape index (κ2) is 6.58. The Labute approximate surface area is 130 Å². The van der Waals surface area contributed by atoms with E-state index in [0.29, 0.717) is 13.0 Å². The van der Waals surface area contributed by atoms with Gasteiger partial charge in [-0.05, 0) is 13.0 Å². The Morgan fingerprint density at radius 3 is 2.62 bits per heavy atom. The lowest BCUT2D eigenvalue weighted by Crippen LogP contribution is -2.12. The Bertz CT molecular complexity index is 586. The average molecular weight is 305 g/mol. The van der Waals surface area contributed by atoms with Crippen LogP contribution in [0.4, 0.5) is 0 Å². The molecule has 3 nitrogen and oxygen atoms in total. The molecule has 1 heterocycles. The number of rotatable bonds is 5. The summed E-state index contributed by atoms with van der Waals surface area (Å²) in [5.41, 5.74) is 1.95. The lowest BCUT2D eigenvalue weighted by Gasteiger charge is -2.15. The molecule has 1 N–H and O–H groups in total. The summed E-state index contributed by atoms with van der Waals surface area (Å²) >= 11 is 1.61. The molecule has 0 amide bonds. The minimum atomic E-state index is -0.591. The topological polar surface area (TPSA) is 42.4 Å². The lowest BCUT2D eigenvalue weighted by atomic mass is 9.93. The standard InChI is InChI=1S/C17H23NO2S/c1-5-20-14-9-7-6-8-12(14)13(19)10-16-18-15(11-21-16)17(2,3)4/h6-9,11,13,19H,5,10H2,1-4H3. The molecular formula is C17H23NO2S. The van der Waals surface area contributed by atoms with Crippen molar-refractivity contribution >= 4 is 11.3 Å². The molecule has 0 radical (unpaired) electrons. The van der Waals surface area contributed by atoms with Gasteiger partial charge in [-0.25, -0.2) is 4.98 Å². The van der Waals surface area contributed by atoms with Gasteiger partial charge < -0.3 is 9.84 Å². The summed E-state index contributed by atoms with van der Waals surface area (Å²) in [6.45, 7) is 8.97. The molecule has 114 valence electrons. The predicted molar refractivity (Wildman–Crippen MR) is 87.1 cm³/mol. The van der Waals surface area contributed by atoms with Gasteiger partial charge in [0.25, 0.3) is 0 Å². The third-order valence-electron chi connectivity index (χ3n) is 3.27. The van der Waals surface area contributed by atoms with Crippen molar-refractivity contribution < 1.29 is 9.84 Å². The van der Waals surface area contributed by atoms with E-state index in [0.717, 1.165) is 22.0 Å². The van der Waals surface area contributed by atoms with Crippen LogP contribution in [-0.4, -0.2) is 16.7 Å². The molecule has 0 saturated heterocycles. The van der Waals surface area contributed by atoms with E-state index in [-0.39, 0.29) is 5.41 Å². The van der Waals surface area contributed by atoms with Crippen LogP contribution in [0.15, 0.2) is 29.6 Å². The zero-order valence-electron chi connectivity index (χ0n) is 13.1. The molecule has 21 heavy (non-hydrogen) atoms. The van der Waals surface area contributed by atoms with Gasteiger partial charge in [0.15, 0.2) is 0 Å². The molecule has 1 aromatic carbocycles. The van der Waals surface area contributed by atoms with E-state index in [4.69, 9.17) is 4.74 Å². The van der Waals surface area contributed by atoms with Gasteiger partial charge in [-0.3, -0.25) is 0 Å². The van der Waals surface area contributed by atoms with Crippen molar-refractivity contribution in [1.82, 2.24) is 4.98 Å². The minimum Gasteiger partial charge on any atom is -0.493 e. The molecule has 0 aliphatic rings. The van der Waals surface area contributed by atoms with Gasteiger partial charge >= 0.3 is 0 Å². The molecule has 2 aromatic rings. The van der Waals surface area contributed by atoms with E-state index in [1.807, 2.05) is 31.2 Å². The molecule has 0 aliphatic carbocycles. The van der Waals surface area contributed by atoms with E-state index >= 15 is 0 Å². The Balaban J connectivity index is 2.14. The first kappa shape index (κ1) is 16.0. The Morgan fingerprint density at radius 1 is 1.29 bits per heavy atom. The molecule has 1 atom stereocenters. The lowest BCUT2D eigenvalue weighted by molar-refractivity contribution is 0.172. The third-order valence-corrected chi connectivity index (χ3v) is 4.14. The Morgan fingerprint density at radius 2 is 2.00 bits per heavy atom. The van der Waals surface area contributed by atoms with Crippen molar-refractivity contribution in [1.29, 1.82) is 0 Å². The van der Waals surface area contributed by atoms with E-state index in [2.05, 4.69) is 31.1 Å². The van der Waals surface area contributed by atoms with Gasteiger partial charge in [0, 0.05) is 22.8 Å². The zero-order valence-corrected chi connectivity index (χ0v) is 13.9. The number of para-hydroxylation sites is 1. The van der Waals surface area contributed by atoms with Crippen molar-refractivity contribution in [3.8, 4) is 5.75 Å². The molecule has 1 aromatic heterocycles. The highest BCUT2D eigenvalue weighted by Crippen LogP contribution is 2.30. The van der Waals surface area contributed by atoms with Crippen LogP contribution in [0.1, 0.15) is 50.1 Å². The first-order valence-corrected chi connectivity index (χ1v) is 8.14. The van der Waals surface area contributed by atoms with E-state index < -0.39 is 6.10 Å². The van der Waals surface area contributed by atoms with Crippen LogP contribution >= 0.6 is 11.3 Å².